The summed E-state index contributed by atoms with van der Waals surface area (Å²) in [7, 11) is 1.94. The van der Waals surface area contributed by atoms with Crippen molar-refractivity contribution in [3.05, 3.63) is 0 Å². The van der Waals surface area contributed by atoms with Gasteiger partial charge in [-0.25, -0.2) is 0 Å². The molecule has 0 amide bonds. The molecule has 0 aliphatic heterocycles. The minimum absolute atomic E-state index is 0.138. The van der Waals surface area contributed by atoms with Gasteiger partial charge in [0.15, 0.2) is 0 Å². The van der Waals surface area contributed by atoms with Gasteiger partial charge in [0.05, 0.1) is 11.2 Å². The van der Waals surface area contributed by atoms with Crippen LogP contribution in [0.4, 0.5) is 0 Å². The number of methoxy groups -OCH3 is 1. The third-order valence-electron chi connectivity index (χ3n) is 6.48. The Morgan fingerprint density at radius 1 is 0.905 bits per heavy atom. The van der Waals surface area contributed by atoms with Gasteiger partial charge in [0.2, 0.25) is 0 Å². The normalized spacial score (nSPS) is 44.4. The van der Waals surface area contributed by atoms with Crippen LogP contribution < -0.4 is 0 Å². The van der Waals surface area contributed by atoms with E-state index in [1.807, 2.05) is 7.11 Å². The minimum atomic E-state index is 0.138. The lowest BCUT2D eigenvalue weighted by Crippen LogP contribution is -2.64. The quantitative estimate of drug-likeness (QED) is 0.580. The van der Waals surface area contributed by atoms with Crippen molar-refractivity contribution in [1.29, 1.82) is 0 Å². The minimum Gasteiger partial charge on any atom is -0.378 e. The Labute approximate surface area is 131 Å². The summed E-state index contributed by atoms with van der Waals surface area (Å²) in [5.41, 5.74) is 0.815. The lowest BCUT2D eigenvalue weighted by Gasteiger charge is -2.66. The summed E-state index contributed by atoms with van der Waals surface area (Å²) >= 11 is 0. The van der Waals surface area contributed by atoms with Gasteiger partial charge in [-0.3, -0.25) is 0 Å². The van der Waals surface area contributed by atoms with Gasteiger partial charge in [0.25, 0.3) is 0 Å². The summed E-state index contributed by atoms with van der Waals surface area (Å²) < 4.78 is 12.6. The summed E-state index contributed by atoms with van der Waals surface area (Å²) in [5, 5.41) is 0. The van der Waals surface area contributed by atoms with E-state index in [1.165, 1.54) is 64.2 Å². The van der Waals surface area contributed by atoms with Crippen molar-refractivity contribution in [2.24, 2.45) is 11.3 Å². The van der Waals surface area contributed by atoms with Gasteiger partial charge in [0, 0.05) is 20.1 Å². The van der Waals surface area contributed by atoms with Gasteiger partial charge in [-0.1, -0.05) is 33.1 Å². The second-order valence-electron chi connectivity index (χ2n) is 8.38. The predicted octanol–water partition coefficient (Wildman–Crippen LogP) is 5.10. The van der Waals surface area contributed by atoms with Crippen LogP contribution >= 0.6 is 0 Å². The van der Waals surface area contributed by atoms with Crippen LogP contribution in [0.3, 0.4) is 0 Å². The fourth-order valence-electron chi connectivity index (χ4n) is 6.11. The summed E-state index contributed by atoms with van der Waals surface area (Å²) in [5.74, 6) is 0.847. The standard InChI is InChI=1S/C19H34O2/c1-4-6-8-17-10-16-11-18(13-17,20-3)15-19(12-16,14-17)21-9-7-5-2/h16H,4-15H2,1-3H3/t16-,17+,18+,19-/m0/s1. The fourth-order valence-corrected chi connectivity index (χ4v) is 6.11. The Hall–Kier alpha value is -0.0800. The highest BCUT2D eigenvalue weighted by Crippen LogP contribution is 2.66. The molecule has 0 aromatic rings. The molecule has 4 rings (SSSR count). The molecule has 4 aliphatic rings. The van der Waals surface area contributed by atoms with Gasteiger partial charge in [-0.15, -0.1) is 0 Å². The van der Waals surface area contributed by atoms with Crippen molar-refractivity contribution in [1.82, 2.24) is 0 Å². The van der Waals surface area contributed by atoms with Gasteiger partial charge in [-0.2, -0.15) is 0 Å². The maximum Gasteiger partial charge on any atom is 0.0718 e. The molecule has 0 unspecified atom stereocenters. The second kappa shape index (κ2) is 5.85. The fraction of sp³-hybridized carbons (Fsp3) is 1.00. The molecule has 4 aliphatic carbocycles. The Balaban J connectivity index is 1.79. The van der Waals surface area contributed by atoms with Crippen molar-refractivity contribution >= 4 is 0 Å². The van der Waals surface area contributed by atoms with Crippen molar-refractivity contribution in [2.75, 3.05) is 13.7 Å². The summed E-state index contributed by atoms with van der Waals surface area (Å²) in [6, 6.07) is 0. The van der Waals surface area contributed by atoms with Gasteiger partial charge < -0.3 is 9.47 Å². The monoisotopic (exact) mass is 294 g/mol. The van der Waals surface area contributed by atoms with Gasteiger partial charge in [-0.05, 0) is 56.3 Å². The number of rotatable bonds is 8. The van der Waals surface area contributed by atoms with Crippen LogP contribution in [0.5, 0.6) is 0 Å². The number of unbranched alkanes of at least 4 members (excludes halogenated alkanes) is 2. The second-order valence-corrected chi connectivity index (χ2v) is 8.38. The van der Waals surface area contributed by atoms with Crippen molar-refractivity contribution in [2.45, 2.75) is 95.7 Å². The first kappa shape index (κ1) is 15.8. The smallest absolute Gasteiger partial charge is 0.0718 e. The largest absolute Gasteiger partial charge is 0.378 e. The van der Waals surface area contributed by atoms with Crippen LogP contribution in [-0.4, -0.2) is 24.9 Å². The SMILES string of the molecule is CCCCO[C@]12C[C@H]3C[C@](CCCC)(C[C@](OC)(C3)C1)C2. The van der Waals surface area contributed by atoms with Crippen LogP contribution in [0.15, 0.2) is 0 Å². The van der Waals surface area contributed by atoms with Gasteiger partial charge in [0.1, 0.15) is 0 Å². The van der Waals surface area contributed by atoms with Crippen LogP contribution in [0.25, 0.3) is 0 Å². The van der Waals surface area contributed by atoms with Crippen molar-refractivity contribution in [3.8, 4) is 0 Å². The predicted molar refractivity (Wildman–Crippen MR) is 86.5 cm³/mol. The zero-order valence-electron chi connectivity index (χ0n) is 14.4. The Bertz CT molecular complexity index is 369. The molecule has 4 saturated carbocycles. The van der Waals surface area contributed by atoms with E-state index in [1.54, 1.807) is 0 Å². The van der Waals surface area contributed by atoms with Crippen molar-refractivity contribution < 1.29 is 9.47 Å². The zero-order valence-corrected chi connectivity index (χ0v) is 14.4. The molecule has 0 N–H and O–H groups in total. The Morgan fingerprint density at radius 3 is 2.33 bits per heavy atom. The molecule has 0 aromatic heterocycles. The molecule has 4 bridgehead atoms. The highest BCUT2D eigenvalue weighted by Gasteiger charge is 2.63. The van der Waals surface area contributed by atoms with E-state index in [0.29, 0.717) is 5.41 Å². The highest BCUT2D eigenvalue weighted by atomic mass is 16.5. The molecule has 0 saturated heterocycles. The molecule has 21 heavy (non-hydrogen) atoms. The highest BCUT2D eigenvalue weighted by molar-refractivity contribution is 5.15. The molecule has 0 aromatic carbocycles. The van der Waals surface area contributed by atoms with Crippen LogP contribution in [0, 0.1) is 11.3 Å². The average molecular weight is 294 g/mol. The maximum atomic E-state index is 6.53. The molecule has 4 atom stereocenters. The third kappa shape index (κ3) is 2.91. The number of hydrogen-bond donors (Lipinski definition) is 0. The molecule has 2 nitrogen and oxygen atoms in total. The molecule has 4 fully saturated rings. The Morgan fingerprint density at radius 2 is 1.62 bits per heavy atom. The van der Waals surface area contributed by atoms with E-state index in [4.69, 9.17) is 9.47 Å². The molecule has 0 heterocycles. The van der Waals surface area contributed by atoms with E-state index in [2.05, 4.69) is 13.8 Å². The number of ether oxygens (including phenoxy) is 2. The third-order valence-corrected chi connectivity index (χ3v) is 6.48. The summed E-state index contributed by atoms with van der Waals surface area (Å²) in [6.07, 6.45) is 14.3. The maximum absolute atomic E-state index is 6.53. The molecular weight excluding hydrogens is 260 g/mol. The Kier molecular flexibility index (Phi) is 4.40. The first-order valence-electron chi connectivity index (χ1n) is 9.28. The van der Waals surface area contributed by atoms with E-state index < -0.39 is 0 Å². The molecular formula is C19H34O2. The van der Waals surface area contributed by atoms with Crippen LogP contribution in [-0.2, 0) is 9.47 Å². The van der Waals surface area contributed by atoms with Crippen LogP contribution in [0.2, 0.25) is 0 Å². The van der Waals surface area contributed by atoms with Crippen LogP contribution in [0.1, 0.15) is 84.5 Å². The van der Waals surface area contributed by atoms with E-state index >= 15 is 0 Å². The topological polar surface area (TPSA) is 18.5 Å². The van der Waals surface area contributed by atoms with E-state index in [9.17, 15) is 0 Å². The first-order chi connectivity index (χ1) is 10.1. The average Bonchev–Trinajstić information content (AvgIpc) is 2.44. The lowest BCUT2D eigenvalue weighted by atomic mass is 9.45. The molecule has 0 radical (unpaired) electrons. The van der Waals surface area contributed by atoms with E-state index in [-0.39, 0.29) is 11.2 Å². The number of hydrogen-bond acceptors (Lipinski definition) is 2. The molecule has 122 valence electrons. The molecule has 2 heteroatoms. The van der Waals surface area contributed by atoms with Crippen molar-refractivity contribution in [3.63, 3.8) is 0 Å². The van der Waals surface area contributed by atoms with E-state index in [0.717, 1.165) is 18.9 Å². The summed E-state index contributed by atoms with van der Waals surface area (Å²) in [4.78, 5) is 0. The first-order valence-corrected chi connectivity index (χ1v) is 9.28. The molecule has 0 spiro atoms. The lowest BCUT2D eigenvalue weighted by molar-refractivity contribution is -0.257. The van der Waals surface area contributed by atoms with Gasteiger partial charge >= 0.3 is 0 Å². The summed E-state index contributed by atoms with van der Waals surface area (Å²) in [6.45, 7) is 5.52. The zero-order chi connectivity index (χ0) is 15.0.